The first kappa shape index (κ1) is 13.9. The van der Waals surface area contributed by atoms with Crippen LogP contribution in [0.3, 0.4) is 0 Å². The van der Waals surface area contributed by atoms with Gasteiger partial charge < -0.3 is 15.0 Å². The highest BCUT2D eigenvalue weighted by atomic mass is 16.5. The highest BCUT2D eigenvalue weighted by Gasteiger charge is 2.55. The zero-order valence-corrected chi connectivity index (χ0v) is 12.4. The van der Waals surface area contributed by atoms with Crippen LogP contribution >= 0.6 is 0 Å². The van der Waals surface area contributed by atoms with Crippen LogP contribution in [0.1, 0.15) is 45.4 Å². The van der Waals surface area contributed by atoms with Gasteiger partial charge in [-0.3, -0.25) is 9.59 Å². The molecule has 0 aromatic rings. The van der Waals surface area contributed by atoms with Crippen LogP contribution in [-0.4, -0.2) is 48.1 Å². The van der Waals surface area contributed by atoms with Crippen LogP contribution in [0, 0.1) is 5.92 Å². The fourth-order valence-electron chi connectivity index (χ4n) is 3.65. The van der Waals surface area contributed by atoms with Gasteiger partial charge in [0, 0.05) is 13.7 Å². The molecule has 112 valence electrons. The summed E-state index contributed by atoms with van der Waals surface area (Å²) in [5.41, 5.74) is -0.615. The average Bonchev–Trinajstić information content (AvgIpc) is 3.15. The molecular formula is C15H24N2O3. The first-order chi connectivity index (χ1) is 9.57. The molecule has 1 N–H and O–H groups in total. The molecule has 5 heteroatoms. The van der Waals surface area contributed by atoms with Crippen molar-refractivity contribution in [3.8, 4) is 0 Å². The van der Waals surface area contributed by atoms with Crippen LogP contribution in [0.15, 0.2) is 0 Å². The summed E-state index contributed by atoms with van der Waals surface area (Å²) < 4.78 is 5.31. The van der Waals surface area contributed by atoms with Crippen molar-refractivity contribution in [1.82, 2.24) is 10.2 Å². The largest absolute Gasteiger partial charge is 0.380 e. The molecule has 2 amide bonds. The molecule has 2 aliphatic carbocycles. The van der Waals surface area contributed by atoms with Gasteiger partial charge in [0.25, 0.3) is 0 Å². The lowest BCUT2D eigenvalue weighted by atomic mass is 9.89. The normalized spacial score (nSPS) is 30.7. The second-order valence-electron chi connectivity index (χ2n) is 6.56. The molecule has 0 radical (unpaired) electrons. The minimum Gasteiger partial charge on any atom is -0.380 e. The van der Waals surface area contributed by atoms with Crippen molar-refractivity contribution < 1.29 is 14.3 Å². The van der Waals surface area contributed by atoms with E-state index in [4.69, 9.17) is 4.74 Å². The number of methoxy groups -OCH3 is 1. The van der Waals surface area contributed by atoms with Crippen molar-refractivity contribution in [1.29, 1.82) is 0 Å². The van der Waals surface area contributed by atoms with Crippen molar-refractivity contribution in [3.05, 3.63) is 0 Å². The number of carbonyl (C=O) groups excluding carboxylic acids is 2. The molecule has 2 atom stereocenters. The van der Waals surface area contributed by atoms with E-state index >= 15 is 0 Å². The smallest absolute Gasteiger partial charge is 0.249 e. The van der Waals surface area contributed by atoms with Gasteiger partial charge in [0.15, 0.2) is 0 Å². The monoisotopic (exact) mass is 280 g/mol. The maximum absolute atomic E-state index is 12.9. The summed E-state index contributed by atoms with van der Waals surface area (Å²) in [6.07, 6.45) is 5.68. The molecule has 0 aromatic carbocycles. The number of nitrogens with one attached hydrogen (secondary N) is 1. The number of piperazine rings is 1. The number of nitrogens with zero attached hydrogens (tertiary/aromatic N) is 1. The van der Waals surface area contributed by atoms with Gasteiger partial charge in [0.1, 0.15) is 11.6 Å². The zero-order chi connectivity index (χ0) is 14.3. The van der Waals surface area contributed by atoms with Gasteiger partial charge in [-0.1, -0.05) is 12.8 Å². The predicted octanol–water partition coefficient (Wildman–Crippen LogP) is 1.07. The average molecular weight is 280 g/mol. The van der Waals surface area contributed by atoms with E-state index in [2.05, 4.69) is 5.32 Å². The highest BCUT2D eigenvalue weighted by Crippen LogP contribution is 2.41. The molecular weight excluding hydrogens is 256 g/mol. The Morgan fingerprint density at radius 1 is 1.35 bits per heavy atom. The molecule has 0 bridgehead atoms. The van der Waals surface area contributed by atoms with E-state index in [1.165, 1.54) is 0 Å². The molecule has 1 saturated heterocycles. The lowest BCUT2D eigenvalue weighted by Gasteiger charge is -2.45. The molecule has 3 aliphatic rings. The van der Waals surface area contributed by atoms with Gasteiger partial charge in [-0.2, -0.15) is 0 Å². The van der Waals surface area contributed by atoms with Crippen molar-refractivity contribution in [2.45, 2.75) is 63.1 Å². The molecule has 1 aliphatic heterocycles. The molecule has 1 spiro atoms. The summed E-state index contributed by atoms with van der Waals surface area (Å²) in [7, 11) is 1.65. The first-order valence-electron chi connectivity index (χ1n) is 7.73. The maximum Gasteiger partial charge on any atom is 0.249 e. The number of hydrogen-bond donors (Lipinski definition) is 1. The summed E-state index contributed by atoms with van der Waals surface area (Å²) in [4.78, 5) is 27.3. The quantitative estimate of drug-likeness (QED) is 0.838. The maximum atomic E-state index is 12.9. The molecule has 2 saturated carbocycles. The SMILES string of the molecule is COC(C)CN1C(=O)C2(CCCC2)NC(=O)C1C1CC1. The van der Waals surface area contributed by atoms with Crippen LogP contribution < -0.4 is 5.32 Å². The van der Waals surface area contributed by atoms with Crippen molar-refractivity contribution in [2.75, 3.05) is 13.7 Å². The molecule has 2 unspecified atom stereocenters. The van der Waals surface area contributed by atoms with Gasteiger partial charge in [-0.15, -0.1) is 0 Å². The minimum absolute atomic E-state index is 0.0375. The Labute approximate surface area is 120 Å². The first-order valence-corrected chi connectivity index (χ1v) is 7.73. The molecule has 0 aromatic heterocycles. The van der Waals surface area contributed by atoms with Crippen LogP contribution in [0.5, 0.6) is 0 Å². The van der Waals surface area contributed by atoms with Gasteiger partial charge in [0.05, 0.1) is 6.10 Å². The fourth-order valence-corrected chi connectivity index (χ4v) is 3.65. The molecule has 5 nitrogen and oxygen atoms in total. The topological polar surface area (TPSA) is 58.6 Å². The van der Waals surface area contributed by atoms with Gasteiger partial charge in [-0.05, 0) is 38.5 Å². The van der Waals surface area contributed by atoms with Gasteiger partial charge >= 0.3 is 0 Å². The summed E-state index contributed by atoms with van der Waals surface area (Å²) in [5, 5.41) is 3.06. The second-order valence-corrected chi connectivity index (χ2v) is 6.56. The summed E-state index contributed by atoms with van der Waals surface area (Å²) in [6, 6.07) is -0.272. The van der Waals surface area contributed by atoms with E-state index in [-0.39, 0.29) is 24.0 Å². The third-order valence-corrected chi connectivity index (χ3v) is 5.02. The summed E-state index contributed by atoms with van der Waals surface area (Å²) >= 11 is 0. The fraction of sp³-hybridized carbons (Fsp3) is 0.867. The van der Waals surface area contributed by atoms with Crippen LogP contribution in [0.4, 0.5) is 0 Å². The zero-order valence-electron chi connectivity index (χ0n) is 12.4. The number of hydrogen-bond acceptors (Lipinski definition) is 3. The van der Waals surface area contributed by atoms with Crippen LogP contribution in [0.25, 0.3) is 0 Å². The standard InChI is InChI=1S/C15H24N2O3/c1-10(20-2)9-17-12(11-5-6-11)13(18)16-15(14(17)19)7-3-4-8-15/h10-12H,3-9H2,1-2H3,(H,16,18). The van der Waals surface area contributed by atoms with E-state index in [1.807, 2.05) is 11.8 Å². The molecule has 1 heterocycles. The van der Waals surface area contributed by atoms with E-state index in [0.717, 1.165) is 38.5 Å². The Morgan fingerprint density at radius 3 is 2.55 bits per heavy atom. The Bertz CT molecular complexity index is 413. The van der Waals surface area contributed by atoms with Crippen molar-refractivity contribution in [2.24, 2.45) is 5.92 Å². The molecule has 3 fully saturated rings. The van der Waals surface area contributed by atoms with Gasteiger partial charge in [-0.25, -0.2) is 0 Å². The lowest BCUT2D eigenvalue weighted by Crippen LogP contribution is -2.70. The van der Waals surface area contributed by atoms with Crippen molar-refractivity contribution in [3.63, 3.8) is 0 Å². The van der Waals surface area contributed by atoms with E-state index in [0.29, 0.717) is 12.5 Å². The molecule has 20 heavy (non-hydrogen) atoms. The summed E-state index contributed by atoms with van der Waals surface area (Å²) in [5.74, 6) is 0.523. The minimum atomic E-state index is -0.615. The van der Waals surface area contributed by atoms with E-state index < -0.39 is 5.54 Å². The summed E-state index contributed by atoms with van der Waals surface area (Å²) in [6.45, 7) is 2.47. The number of amides is 2. The van der Waals surface area contributed by atoms with Gasteiger partial charge in [0.2, 0.25) is 11.8 Å². The lowest BCUT2D eigenvalue weighted by molar-refractivity contribution is -0.157. The second kappa shape index (κ2) is 5.02. The highest BCUT2D eigenvalue weighted by molar-refractivity contribution is 6.00. The van der Waals surface area contributed by atoms with E-state index in [9.17, 15) is 9.59 Å². The number of rotatable bonds is 4. The third kappa shape index (κ3) is 2.22. The Hall–Kier alpha value is -1.10. The van der Waals surface area contributed by atoms with Crippen LogP contribution in [-0.2, 0) is 14.3 Å². The Morgan fingerprint density at radius 2 is 2.00 bits per heavy atom. The Balaban J connectivity index is 1.86. The van der Waals surface area contributed by atoms with Crippen molar-refractivity contribution >= 4 is 11.8 Å². The van der Waals surface area contributed by atoms with Crippen LogP contribution in [0.2, 0.25) is 0 Å². The predicted molar refractivity (Wildman–Crippen MR) is 74.0 cm³/mol. The Kier molecular flexibility index (Phi) is 3.48. The third-order valence-electron chi connectivity index (χ3n) is 5.02. The van der Waals surface area contributed by atoms with E-state index in [1.54, 1.807) is 7.11 Å². The molecule has 3 rings (SSSR count). The number of ether oxygens (including phenoxy) is 1. The number of carbonyl (C=O) groups is 2.